The smallest absolute Gasteiger partial charge is 0.139 e. The van der Waals surface area contributed by atoms with Crippen molar-refractivity contribution in [3.8, 4) is 0 Å². The van der Waals surface area contributed by atoms with Crippen LogP contribution in [0.2, 0.25) is 0 Å². The Bertz CT molecular complexity index is 145. The van der Waals surface area contributed by atoms with Crippen molar-refractivity contribution in [1.29, 1.82) is 0 Å². The molecule has 92 valence electrons. The average Bonchev–Trinajstić information content (AvgIpc) is 2.21. The zero-order valence-electron chi connectivity index (χ0n) is 9.78. The Labute approximate surface area is 99.2 Å². The minimum Gasteiger partial charge on any atom is -0.376 e. The van der Waals surface area contributed by atoms with Crippen LogP contribution in [-0.2, 0) is 9.53 Å². The minimum absolute atomic E-state index is 0. The molecular weight excluding hydrogens is 214 g/mol. The monoisotopic (exact) mass is 237 g/mol. The topological polar surface area (TPSA) is 52.3 Å². The van der Waals surface area contributed by atoms with Crippen LogP contribution in [0.15, 0.2) is 0 Å². The third kappa shape index (κ3) is 10.2. The van der Waals surface area contributed by atoms with Crippen molar-refractivity contribution in [1.82, 2.24) is 0 Å². The van der Waals surface area contributed by atoms with E-state index in [9.17, 15) is 4.79 Å². The van der Waals surface area contributed by atoms with Gasteiger partial charge in [0.2, 0.25) is 0 Å². The average molecular weight is 238 g/mol. The van der Waals surface area contributed by atoms with Crippen LogP contribution < -0.4 is 5.73 Å². The van der Waals surface area contributed by atoms with Gasteiger partial charge in [0.15, 0.2) is 0 Å². The van der Waals surface area contributed by atoms with Gasteiger partial charge in [0.1, 0.15) is 6.29 Å². The van der Waals surface area contributed by atoms with Crippen molar-refractivity contribution in [3.05, 3.63) is 0 Å². The normalized spacial score (nSPS) is 14.1. The SMILES string of the molecule is CCCCC(CCC)OC[C@H](N)C=O.Cl. The van der Waals surface area contributed by atoms with Crippen LogP contribution in [0.4, 0.5) is 0 Å². The molecule has 0 aromatic rings. The molecule has 0 aliphatic heterocycles. The van der Waals surface area contributed by atoms with Gasteiger partial charge in [0, 0.05) is 0 Å². The van der Waals surface area contributed by atoms with Gasteiger partial charge in [-0.05, 0) is 12.8 Å². The lowest BCUT2D eigenvalue weighted by Crippen LogP contribution is -2.30. The Hall–Kier alpha value is -0.120. The number of carbonyl (C=O) groups is 1. The molecule has 0 amide bonds. The van der Waals surface area contributed by atoms with Crippen LogP contribution in [0.1, 0.15) is 46.0 Å². The van der Waals surface area contributed by atoms with E-state index in [1.165, 1.54) is 12.8 Å². The fourth-order valence-electron chi connectivity index (χ4n) is 1.35. The summed E-state index contributed by atoms with van der Waals surface area (Å²) in [6.45, 7) is 4.67. The molecule has 2 N–H and O–H groups in total. The van der Waals surface area contributed by atoms with Crippen molar-refractivity contribution in [3.63, 3.8) is 0 Å². The molecule has 0 fully saturated rings. The highest BCUT2D eigenvalue weighted by Crippen LogP contribution is 2.10. The van der Waals surface area contributed by atoms with Crippen LogP contribution >= 0.6 is 12.4 Å². The molecule has 1 unspecified atom stereocenters. The highest BCUT2D eigenvalue weighted by Gasteiger charge is 2.09. The van der Waals surface area contributed by atoms with Crippen molar-refractivity contribution in [2.75, 3.05) is 6.61 Å². The number of ether oxygens (including phenoxy) is 1. The molecule has 0 radical (unpaired) electrons. The molecule has 0 aromatic heterocycles. The van der Waals surface area contributed by atoms with Crippen LogP contribution in [0, 0.1) is 0 Å². The molecule has 0 saturated carbocycles. The third-order valence-electron chi connectivity index (χ3n) is 2.19. The summed E-state index contributed by atoms with van der Waals surface area (Å²) >= 11 is 0. The first-order chi connectivity index (χ1) is 6.74. The van der Waals surface area contributed by atoms with Crippen LogP contribution in [-0.4, -0.2) is 25.0 Å². The number of nitrogens with two attached hydrogens (primary N) is 1. The van der Waals surface area contributed by atoms with E-state index in [-0.39, 0.29) is 18.5 Å². The van der Waals surface area contributed by atoms with E-state index in [1.807, 2.05) is 0 Å². The Kier molecular flexibility index (Phi) is 13.8. The number of aldehydes is 1. The zero-order valence-corrected chi connectivity index (χ0v) is 10.6. The van der Waals surface area contributed by atoms with E-state index < -0.39 is 6.04 Å². The molecule has 0 aliphatic carbocycles. The Morgan fingerprint density at radius 3 is 2.40 bits per heavy atom. The molecule has 0 heterocycles. The highest BCUT2D eigenvalue weighted by atomic mass is 35.5. The van der Waals surface area contributed by atoms with Gasteiger partial charge in [-0.3, -0.25) is 0 Å². The van der Waals surface area contributed by atoms with E-state index in [0.29, 0.717) is 6.61 Å². The maximum Gasteiger partial charge on any atom is 0.139 e. The second-order valence-corrected chi connectivity index (χ2v) is 3.69. The molecule has 4 heteroatoms. The first-order valence-corrected chi connectivity index (χ1v) is 5.57. The highest BCUT2D eigenvalue weighted by molar-refractivity contribution is 5.85. The predicted molar refractivity (Wildman–Crippen MR) is 65.5 cm³/mol. The molecule has 0 rings (SSSR count). The Morgan fingerprint density at radius 2 is 1.93 bits per heavy atom. The number of carbonyl (C=O) groups excluding carboxylic acids is 1. The van der Waals surface area contributed by atoms with E-state index in [0.717, 1.165) is 25.5 Å². The van der Waals surface area contributed by atoms with Gasteiger partial charge in [-0.1, -0.05) is 33.1 Å². The molecular formula is C11H24ClNO2. The predicted octanol–water partition coefficient (Wildman–Crippen LogP) is 2.31. The summed E-state index contributed by atoms with van der Waals surface area (Å²) in [5.74, 6) is 0. The number of rotatable bonds is 9. The van der Waals surface area contributed by atoms with Crippen LogP contribution in [0.5, 0.6) is 0 Å². The largest absolute Gasteiger partial charge is 0.376 e. The Balaban J connectivity index is 0. The summed E-state index contributed by atoms with van der Waals surface area (Å²) in [6.07, 6.45) is 6.64. The van der Waals surface area contributed by atoms with E-state index in [2.05, 4.69) is 13.8 Å². The van der Waals surface area contributed by atoms with Crippen LogP contribution in [0.25, 0.3) is 0 Å². The first-order valence-electron chi connectivity index (χ1n) is 5.57. The van der Waals surface area contributed by atoms with Gasteiger partial charge in [-0.2, -0.15) is 0 Å². The standard InChI is InChI=1S/C11H23NO2.ClH/c1-3-5-7-11(6-4-2)14-9-10(12)8-13;/h8,10-11H,3-7,9,12H2,1-2H3;1H/t10-,11?;/m1./s1. The van der Waals surface area contributed by atoms with E-state index in [4.69, 9.17) is 10.5 Å². The quantitative estimate of drug-likeness (QED) is 0.626. The summed E-state index contributed by atoms with van der Waals surface area (Å²) in [5, 5.41) is 0. The fraction of sp³-hybridized carbons (Fsp3) is 0.909. The Morgan fingerprint density at radius 1 is 1.27 bits per heavy atom. The summed E-state index contributed by atoms with van der Waals surface area (Å²) in [5.41, 5.74) is 5.45. The molecule has 0 spiro atoms. The summed E-state index contributed by atoms with van der Waals surface area (Å²) in [4.78, 5) is 10.3. The second-order valence-electron chi connectivity index (χ2n) is 3.69. The van der Waals surface area contributed by atoms with Crippen molar-refractivity contribution in [2.45, 2.75) is 58.1 Å². The van der Waals surface area contributed by atoms with Crippen molar-refractivity contribution in [2.24, 2.45) is 5.73 Å². The minimum atomic E-state index is -0.462. The van der Waals surface area contributed by atoms with Gasteiger partial charge < -0.3 is 15.3 Å². The number of unbranched alkanes of at least 4 members (excludes halogenated alkanes) is 1. The molecule has 0 saturated heterocycles. The summed E-state index contributed by atoms with van der Waals surface area (Å²) in [6, 6.07) is -0.462. The lowest BCUT2D eigenvalue weighted by atomic mass is 10.1. The van der Waals surface area contributed by atoms with Crippen LogP contribution in [0.3, 0.4) is 0 Å². The fourth-order valence-corrected chi connectivity index (χ4v) is 1.35. The number of halogens is 1. The van der Waals surface area contributed by atoms with Crippen molar-refractivity contribution < 1.29 is 9.53 Å². The maximum absolute atomic E-state index is 10.3. The molecule has 0 aromatic carbocycles. The van der Waals surface area contributed by atoms with Gasteiger partial charge in [-0.25, -0.2) is 0 Å². The summed E-state index contributed by atoms with van der Waals surface area (Å²) < 4.78 is 5.58. The molecule has 0 aliphatic rings. The molecule has 0 bridgehead atoms. The second kappa shape index (κ2) is 12.0. The van der Waals surface area contributed by atoms with Crippen molar-refractivity contribution >= 4 is 18.7 Å². The van der Waals surface area contributed by atoms with Gasteiger partial charge in [0.05, 0.1) is 18.8 Å². The van der Waals surface area contributed by atoms with Gasteiger partial charge in [-0.15, -0.1) is 12.4 Å². The first kappa shape index (κ1) is 17.3. The molecule has 15 heavy (non-hydrogen) atoms. The number of hydrogen-bond acceptors (Lipinski definition) is 3. The van der Waals surface area contributed by atoms with E-state index >= 15 is 0 Å². The van der Waals surface area contributed by atoms with E-state index in [1.54, 1.807) is 0 Å². The summed E-state index contributed by atoms with van der Waals surface area (Å²) in [7, 11) is 0. The molecule has 2 atom stereocenters. The van der Waals surface area contributed by atoms with Gasteiger partial charge >= 0.3 is 0 Å². The zero-order chi connectivity index (χ0) is 10.8. The third-order valence-corrected chi connectivity index (χ3v) is 2.19. The molecule has 3 nitrogen and oxygen atoms in total. The lowest BCUT2D eigenvalue weighted by molar-refractivity contribution is -0.110. The van der Waals surface area contributed by atoms with Gasteiger partial charge in [0.25, 0.3) is 0 Å². The lowest BCUT2D eigenvalue weighted by Gasteiger charge is -2.17. The maximum atomic E-state index is 10.3. The number of hydrogen-bond donors (Lipinski definition) is 1.